The van der Waals surface area contributed by atoms with Gasteiger partial charge in [-0.2, -0.15) is 0 Å². The summed E-state index contributed by atoms with van der Waals surface area (Å²) in [5, 5.41) is 14.8. The monoisotopic (exact) mass is 350 g/mol. The number of carboxylic acid groups (broad SMARTS) is 1. The molecular formula is C19H30N2O4. The van der Waals surface area contributed by atoms with Crippen molar-refractivity contribution in [3.05, 3.63) is 12.2 Å². The van der Waals surface area contributed by atoms with Crippen LogP contribution < -0.4 is 10.6 Å². The Labute approximate surface area is 149 Å². The third-order valence-electron chi connectivity index (χ3n) is 5.18. The summed E-state index contributed by atoms with van der Waals surface area (Å²) >= 11 is 0. The number of aliphatic carboxylic acids is 1. The normalized spacial score (nSPS) is 19.0. The number of unbranched alkanes of at least 4 members (excludes halogenated alkanes) is 1. The molecule has 6 nitrogen and oxygen atoms in total. The lowest BCUT2D eigenvalue weighted by atomic mass is 10.0. The number of carbonyl (C=O) groups excluding carboxylic acids is 2. The molecular weight excluding hydrogens is 320 g/mol. The van der Waals surface area contributed by atoms with Gasteiger partial charge in [-0.15, -0.1) is 0 Å². The van der Waals surface area contributed by atoms with E-state index < -0.39 is 12.0 Å². The smallest absolute Gasteiger partial charge is 0.326 e. The number of hydrogen-bond acceptors (Lipinski definition) is 3. The van der Waals surface area contributed by atoms with E-state index in [0.29, 0.717) is 38.1 Å². The van der Waals surface area contributed by atoms with E-state index in [-0.39, 0.29) is 17.7 Å². The van der Waals surface area contributed by atoms with Gasteiger partial charge >= 0.3 is 5.97 Å². The van der Waals surface area contributed by atoms with Crippen LogP contribution in [0.3, 0.4) is 0 Å². The van der Waals surface area contributed by atoms with E-state index in [1.165, 1.54) is 12.8 Å². The molecule has 0 saturated heterocycles. The number of amides is 2. The number of nitrogens with one attached hydrogen (secondary N) is 2. The van der Waals surface area contributed by atoms with Crippen LogP contribution in [0.5, 0.6) is 0 Å². The fourth-order valence-electron chi connectivity index (χ4n) is 3.65. The highest BCUT2D eigenvalue weighted by Gasteiger charge is 2.23. The van der Waals surface area contributed by atoms with Crippen molar-refractivity contribution in [1.82, 2.24) is 10.6 Å². The van der Waals surface area contributed by atoms with Crippen LogP contribution in [0.25, 0.3) is 0 Å². The highest BCUT2D eigenvalue weighted by Crippen LogP contribution is 2.27. The predicted molar refractivity (Wildman–Crippen MR) is 94.9 cm³/mol. The lowest BCUT2D eigenvalue weighted by Crippen LogP contribution is -2.41. The average Bonchev–Trinajstić information content (AvgIpc) is 3.26. The van der Waals surface area contributed by atoms with Crippen molar-refractivity contribution in [2.24, 2.45) is 11.8 Å². The summed E-state index contributed by atoms with van der Waals surface area (Å²) in [6, 6.07) is -0.830. The molecule has 0 bridgehead atoms. The zero-order chi connectivity index (χ0) is 18.1. The molecule has 140 valence electrons. The fraction of sp³-hybridized carbons (Fsp3) is 0.737. The van der Waals surface area contributed by atoms with Crippen LogP contribution in [0, 0.1) is 11.8 Å². The molecule has 0 aromatic carbocycles. The van der Waals surface area contributed by atoms with Gasteiger partial charge in [0.15, 0.2) is 0 Å². The lowest BCUT2D eigenvalue weighted by Gasteiger charge is -2.16. The van der Waals surface area contributed by atoms with E-state index in [0.717, 1.165) is 25.7 Å². The van der Waals surface area contributed by atoms with Crippen molar-refractivity contribution in [3.63, 3.8) is 0 Å². The van der Waals surface area contributed by atoms with Crippen LogP contribution in [-0.2, 0) is 14.4 Å². The van der Waals surface area contributed by atoms with Crippen molar-refractivity contribution in [3.8, 4) is 0 Å². The second-order valence-electron chi connectivity index (χ2n) is 7.24. The van der Waals surface area contributed by atoms with Crippen molar-refractivity contribution in [2.75, 3.05) is 6.54 Å². The van der Waals surface area contributed by atoms with Gasteiger partial charge in [0.25, 0.3) is 0 Å². The van der Waals surface area contributed by atoms with Gasteiger partial charge in [-0.25, -0.2) is 4.79 Å². The molecule has 2 aliphatic carbocycles. The molecule has 2 rings (SSSR count). The van der Waals surface area contributed by atoms with Gasteiger partial charge in [0.2, 0.25) is 11.8 Å². The van der Waals surface area contributed by atoms with E-state index in [1.54, 1.807) is 0 Å². The van der Waals surface area contributed by atoms with E-state index in [1.807, 2.05) is 12.2 Å². The highest BCUT2D eigenvalue weighted by molar-refractivity contribution is 5.83. The number of carbonyl (C=O) groups is 3. The lowest BCUT2D eigenvalue weighted by molar-refractivity contribution is -0.142. The van der Waals surface area contributed by atoms with Gasteiger partial charge in [0.1, 0.15) is 6.04 Å². The second-order valence-corrected chi connectivity index (χ2v) is 7.24. The summed E-state index contributed by atoms with van der Waals surface area (Å²) in [5.41, 5.74) is 0. The van der Waals surface area contributed by atoms with Crippen molar-refractivity contribution in [1.29, 1.82) is 0 Å². The van der Waals surface area contributed by atoms with Gasteiger partial charge < -0.3 is 15.7 Å². The third kappa shape index (κ3) is 6.88. The van der Waals surface area contributed by atoms with E-state index in [2.05, 4.69) is 10.6 Å². The summed E-state index contributed by atoms with van der Waals surface area (Å²) in [5.74, 6) is -0.594. The molecule has 6 heteroatoms. The summed E-state index contributed by atoms with van der Waals surface area (Å²) in [6.07, 6.45) is 12.3. The maximum Gasteiger partial charge on any atom is 0.326 e. The standard InChI is InChI=1S/C19H30N2O4/c22-17(13-14-7-1-2-8-14)21-16(19(24)25)11-5-6-12-20-18(23)15-9-3-4-10-15/h3-4,14-16H,1-2,5-13H2,(H,20,23)(H,21,22)(H,24,25). The average molecular weight is 350 g/mol. The molecule has 2 aliphatic rings. The Morgan fingerprint density at radius 3 is 2.40 bits per heavy atom. The van der Waals surface area contributed by atoms with E-state index in [9.17, 15) is 19.5 Å². The first-order valence-electron chi connectivity index (χ1n) is 9.51. The summed E-state index contributed by atoms with van der Waals surface area (Å²) in [6.45, 7) is 0.553. The minimum absolute atomic E-state index is 0.0571. The maximum atomic E-state index is 12.0. The molecule has 0 aliphatic heterocycles. The van der Waals surface area contributed by atoms with Crippen molar-refractivity contribution >= 4 is 17.8 Å². The predicted octanol–water partition coefficient (Wildman–Crippen LogP) is 2.39. The second kappa shape index (κ2) is 10.2. The van der Waals surface area contributed by atoms with Crippen LogP contribution in [0.4, 0.5) is 0 Å². The molecule has 25 heavy (non-hydrogen) atoms. The van der Waals surface area contributed by atoms with Gasteiger partial charge in [-0.3, -0.25) is 9.59 Å². The Morgan fingerprint density at radius 1 is 1.08 bits per heavy atom. The van der Waals surface area contributed by atoms with Crippen LogP contribution in [0.2, 0.25) is 0 Å². The minimum atomic E-state index is -0.985. The van der Waals surface area contributed by atoms with Gasteiger partial charge in [-0.05, 0) is 50.9 Å². The molecule has 0 heterocycles. The Bertz CT molecular complexity index is 490. The largest absolute Gasteiger partial charge is 0.480 e. The highest BCUT2D eigenvalue weighted by atomic mass is 16.4. The van der Waals surface area contributed by atoms with Crippen LogP contribution in [0.15, 0.2) is 12.2 Å². The fourth-order valence-corrected chi connectivity index (χ4v) is 3.65. The van der Waals surface area contributed by atoms with Crippen molar-refractivity contribution in [2.45, 2.75) is 70.3 Å². The molecule has 1 atom stereocenters. The number of allylic oxidation sites excluding steroid dienone is 2. The molecule has 1 fully saturated rings. The van der Waals surface area contributed by atoms with Gasteiger partial charge in [0, 0.05) is 18.9 Å². The number of rotatable bonds is 10. The van der Waals surface area contributed by atoms with Crippen LogP contribution in [-0.4, -0.2) is 35.5 Å². The quantitative estimate of drug-likeness (QED) is 0.416. The van der Waals surface area contributed by atoms with Gasteiger partial charge in [0.05, 0.1) is 0 Å². The number of carboxylic acids is 1. The molecule has 0 spiro atoms. The molecule has 2 amide bonds. The summed E-state index contributed by atoms with van der Waals surface area (Å²) in [7, 11) is 0. The zero-order valence-corrected chi connectivity index (χ0v) is 14.8. The first-order chi connectivity index (χ1) is 12.1. The van der Waals surface area contributed by atoms with Crippen LogP contribution in [0.1, 0.15) is 64.2 Å². The molecule has 1 saturated carbocycles. The maximum absolute atomic E-state index is 12.0. The van der Waals surface area contributed by atoms with Crippen LogP contribution >= 0.6 is 0 Å². The molecule has 0 radical (unpaired) electrons. The topological polar surface area (TPSA) is 95.5 Å². The molecule has 0 aromatic rings. The van der Waals surface area contributed by atoms with E-state index >= 15 is 0 Å². The Hall–Kier alpha value is -1.85. The summed E-state index contributed by atoms with van der Waals surface area (Å²) < 4.78 is 0. The Balaban J connectivity index is 1.59. The SMILES string of the molecule is O=C(CC1CCCC1)NC(CCCCNC(=O)C1CC=CC1)C(=O)O. The minimum Gasteiger partial charge on any atom is -0.480 e. The molecule has 3 N–H and O–H groups in total. The first-order valence-corrected chi connectivity index (χ1v) is 9.51. The summed E-state index contributed by atoms with van der Waals surface area (Å²) in [4.78, 5) is 35.2. The Morgan fingerprint density at radius 2 is 1.76 bits per heavy atom. The number of hydrogen-bond donors (Lipinski definition) is 3. The molecule has 0 aromatic heterocycles. The first kappa shape index (κ1) is 19.5. The molecule has 1 unspecified atom stereocenters. The third-order valence-corrected chi connectivity index (χ3v) is 5.18. The van der Waals surface area contributed by atoms with E-state index in [4.69, 9.17) is 0 Å². The van der Waals surface area contributed by atoms with Gasteiger partial charge in [-0.1, -0.05) is 25.0 Å². The van der Waals surface area contributed by atoms with Crippen molar-refractivity contribution < 1.29 is 19.5 Å². The zero-order valence-electron chi connectivity index (χ0n) is 14.8. The Kier molecular flexibility index (Phi) is 7.95.